The van der Waals surface area contributed by atoms with Crippen LogP contribution in [-0.4, -0.2) is 39.1 Å². The summed E-state index contributed by atoms with van der Waals surface area (Å²) in [5.74, 6) is 2.24. The molecule has 2 heterocycles. The van der Waals surface area contributed by atoms with Crippen LogP contribution in [0.4, 0.5) is 0 Å². The zero-order chi connectivity index (χ0) is 18.9. The third kappa shape index (κ3) is 3.62. The Labute approximate surface area is 165 Å². The van der Waals surface area contributed by atoms with Crippen LogP contribution in [0, 0.1) is 5.41 Å². The van der Waals surface area contributed by atoms with Crippen LogP contribution in [0.5, 0.6) is 0 Å². The molecule has 6 heteroatoms. The molecule has 1 spiro atoms. The fourth-order valence-corrected chi connectivity index (χ4v) is 5.03. The number of likely N-dealkylation sites (tertiary alicyclic amines) is 1. The van der Waals surface area contributed by atoms with Crippen molar-refractivity contribution < 1.29 is 4.79 Å². The molecule has 2 aromatic rings. The largest absolute Gasteiger partial charge is 0.341 e. The minimum absolute atomic E-state index is 0.141. The van der Waals surface area contributed by atoms with E-state index in [1.807, 2.05) is 29.2 Å². The molecular formula is C21H27ClN4O. The van der Waals surface area contributed by atoms with E-state index in [1.54, 1.807) is 0 Å². The second-order valence-corrected chi connectivity index (χ2v) is 8.46. The van der Waals surface area contributed by atoms with Crippen LogP contribution < -0.4 is 0 Å². The summed E-state index contributed by atoms with van der Waals surface area (Å²) in [5.41, 5.74) is 1.04. The minimum Gasteiger partial charge on any atom is -0.341 e. The van der Waals surface area contributed by atoms with Gasteiger partial charge < -0.3 is 4.90 Å². The van der Waals surface area contributed by atoms with Crippen LogP contribution in [0.3, 0.4) is 0 Å². The standard InChI is InChI=1S/C21H27ClN4O/c1-2-7-18-23-20(25-24-18)16-13-26(14-21(16)10-5-6-11-21)19(27)12-15-8-3-4-9-17(15)22/h3-4,8-9,16H,2,5-7,10-14H2,1H3,(H,23,24,25). The molecule has 5 nitrogen and oxygen atoms in total. The topological polar surface area (TPSA) is 61.9 Å². The molecule has 0 bridgehead atoms. The second kappa shape index (κ2) is 7.63. The molecule has 1 saturated carbocycles. The molecule has 1 aromatic carbocycles. The van der Waals surface area contributed by atoms with Gasteiger partial charge in [0.2, 0.25) is 5.91 Å². The number of benzene rings is 1. The van der Waals surface area contributed by atoms with Gasteiger partial charge in [-0.2, -0.15) is 5.10 Å². The molecule has 27 heavy (non-hydrogen) atoms. The fourth-order valence-electron chi connectivity index (χ4n) is 4.83. The number of aryl methyl sites for hydroxylation is 1. The van der Waals surface area contributed by atoms with Gasteiger partial charge in [0, 0.05) is 30.5 Å². The Balaban J connectivity index is 1.54. The van der Waals surface area contributed by atoms with Crippen LogP contribution in [-0.2, 0) is 17.6 Å². The van der Waals surface area contributed by atoms with E-state index in [9.17, 15) is 4.79 Å². The number of halogens is 1. The third-order valence-electron chi connectivity index (χ3n) is 6.25. The summed E-state index contributed by atoms with van der Waals surface area (Å²) in [6.45, 7) is 3.68. The Morgan fingerprint density at radius 3 is 2.85 bits per heavy atom. The SMILES string of the molecule is CCCc1nc(C2CN(C(=O)Cc3ccccc3Cl)CC23CCCC3)n[nH]1. The zero-order valence-electron chi connectivity index (χ0n) is 15.9. The lowest BCUT2D eigenvalue weighted by molar-refractivity contribution is -0.129. The van der Waals surface area contributed by atoms with E-state index < -0.39 is 0 Å². The Morgan fingerprint density at radius 1 is 1.33 bits per heavy atom. The summed E-state index contributed by atoms with van der Waals surface area (Å²) in [4.78, 5) is 19.8. The first-order chi connectivity index (χ1) is 13.1. The number of aromatic amines is 1. The minimum atomic E-state index is 0.141. The summed E-state index contributed by atoms with van der Waals surface area (Å²) in [6.07, 6.45) is 7.10. The van der Waals surface area contributed by atoms with Crippen molar-refractivity contribution in [2.75, 3.05) is 13.1 Å². The predicted molar refractivity (Wildman–Crippen MR) is 106 cm³/mol. The van der Waals surface area contributed by atoms with E-state index >= 15 is 0 Å². The van der Waals surface area contributed by atoms with Gasteiger partial charge in [0.25, 0.3) is 0 Å². The smallest absolute Gasteiger partial charge is 0.227 e. The summed E-state index contributed by atoms with van der Waals surface area (Å²) < 4.78 is 0. The summed E-state index contributed by atoms with van der Waals surface area (Å²) in [5, 5.41) is 8.29. The van der Waals surface area contributed by atoms with Crippen molar-refractivity contribution in [1.82, 2.24) is 20.1 Å². The van der Waals surface area contributed by atoms with E-state index in [0.717, 1.165) is 49.4 Å². The van der Waals surface area contributed by atoms with Gasteiger partial charge >= 0.3 is 0 Å². The number of hydrogen-bond donors (Lipinski definition) is 1. The number of hydrogen-bond acceptors (Lipinski definition) is 3. The normalized spacial score (nSPS) is 21.3. The maximum Gasteiger partial charge on any atom is 0.227 e. The molecular weight excluding hydrogens is 360 g/mol. The molecule has 0 radical (unpaired) electrons. The molecule has 1 aliphatic heterocycles. The Hall–Kier alpha value is -1.88. The molecule has 1 amide bonds. The highest BCUT2D eigenvalue weighted by Gasteiger charge is 2.51. The third-order valence-corrected chi connectivity index (χ3v) is 6.62. The van der Waals surface area contributed by atoms with Crippen LogP contribution in [0.2, 0.25) is 5.02 Å². The van der Waals surface area contributed by atoms with Gasteiger partial charge in [0.05, 0.1) is 6.42 Å². The zero-order valence-corrected chi connectivity index (χ0v) is 16.6. The van der Waals surface area contributed by atoms with Crippen molar-refractivity contribution in [2.24, 2.45) is 5.41 Å². The Kier molecular flexibility index (Phi) is 5.22. The lowest BCUT2D eigenvalue weighted by Crippen LogP contribution is -2.32. The van der Waals surface area contributed by atoms with Gasteiger partial charge in [-0.3, -0.25) is 9.89 Å². The first kappa shape index (κ1) is 18.5. The number of nitrogens with one attached hydrogen (secondary N) is 1. The number of aromatic nitrogens is 3. The van der Waals surface area contributed by atoms with E-state index in [4.69, 9.17) is 16.6 Å². The number of rotatable bonds is 5. The Morgan fingerprint density at radius 2 is 2.11 bits per heavy atom. The van der Waals surface area contributed by atoms with E-state index in [-0.39, 0.29) is 17.2 Å². The highest BCUT2D eigenvalue weighted by atomic mass is 35.5. The first-order valence-corrected chi connectivity index (χ1v) is 10.4. The molecule has 1 unspecified atom stereocenters. The molecule has 1 N–H and O–H groups in total. The monoisotopic (exact) mass is 386 g/mol. The lowest BCUT2D eigenvalue weighted by atomic mass is 9.76. The van der Waals surface area contributed by atoms with Crippen molar-refractivity contribution in [3.63, 3.8) is 0 Å². The molecule has 144 valence electrons. The van der Waals surface area contributed by atoms with E-state index in [0.29, 0.717) is 18.0 Å². The fraction of sp³-hybridized carbons (Fsp3) is 0.571. The van der Waals surface area contributed by atoms with Crippen molar-refractivity contribution in [1.29, 1.82) is 0 Å². The number of carbonyl (C=O) groups excluding carboxylic acids is 1. The van der Waals surface area contributed by atoms with Crippen molar-refractivity contribution in [3.05, 3.63) is 46.5 Å². The van der Waals surface area contributed by atoms with Crippen LogP contribution in [0.1, 0.15) is 62.2 Å². The molecule has 1 aromatic heterocycles. The average Bonchev–Trinajstić information content (AvgIpc) is 3.39. The van der Waals surface area contributed by atoms with Crippen molar-refractivity contribution in [3.8, 4) is 0 Å². The van der Waals surface area contributed by atoms with E-state index in [1.165, 1.54) is 12.8 Å². The number of nitrogens with zero attached hydrogens (tertiary/aromatic N) is 3. The van der Waals surface area contributed by atoms with E-state index in [2.05, 4.69) is 17.1 Å². The van der Waals surface area contributed by atoms with Gasteiger partial charge in [0.15, 0.2) is 5.82 Å². The maximum absolute atomic E-state index is 13.0. The van der Waals surface area contributed by atoms with Crippen LogP contribution >= 0.6 is 11.6 Å². The van der Waals surface area contributed by atoms with Crippen LogP contribution in [0.25, 0.3) is 0 Å². The maximum atomic E-state index is 13.0. The van der Waals surface area contributed by atoms with Crippen molar-refractivity contribution in [2.45, 2.75) is 57.8 Å². The highest BCUT2D eigenvalue weighted by molar-refractivity contribution is 6.31. The molecule has 2 fully saturated rings. The predicted octanol–water partition coefficient (Wildman–Crippen LogP) is 4.14. The molecule has 1 aliphatic carbocycles. The quantitative estimate of drug-likeness (QED) is 0.839. The van der Waals surface area contributed by atoms with Gasteiger partial charge in [-0.15, -0.1) is 0 Å². The lowest BCUT2D eigenvalue weighted by Gasteiger charge is -2.27. The molecule has 4 rings (SSSR count). The van der Waals surface area contributed by atoms with Gasteiger partial charge in [-0.05, 0) is 36.3 Å². The van der Waals surface area contributed by atoms with Crippen LogP contribution in [0.15, 0.2) is 24.3 Å². The second-order valence-electron chi connectivity index (χ2n) is 8.05. The van der Waals surface area contributed by atoms with Crippen molar-refractivity contribution >= 4 is 17.5 Å². The summed E-state index contributed by atoms with van der Waals surface area (Å²) in [7, 11) is 0. The average molecular weight is 387 g/mol. The summed E-state index contributed by atoms with van der Waals surface area (Å²) in [6, 6.07) is 7.61. The first-order valence-electron chi connectivity index (χ1n) is 10.0. The number of H-pyrrole nitrogens is 1. The van der Waals surface area contributed by atoms with Gasteiger partial charge in [0.1, 0.15) is 5.82 Å². The molecule has 1 atom stereocenters. The molecule has 1 saturated heterocycles. The highest BCUT2D eigenvalue weighted by Crippen LogP contribution is 2.52. The number of carbonyl (C=O) groups is 1. The van der Waals surface area contributed by atoms with Gasteiger partial charge in [-0.25, -0.2) is 4.98 Å². The number of amides is 1. The summed E-state index contributed by atoms with van der Waals surface area (Å²) >= 11 is 6.26. The molecule has 2 aliphatic rings. The van der Waals surface area contributed by atoms with Gasteiger partial charge in [-0.1, -0.05) is 49.6 Å². The Bertz CT molecular complexity index is 812.